The van der Waals surface area contributed by atoms with Crippen LogP contribution in [0.3, 0.4) is 0 Å². The van der Waals surface area contributed by atoms with Gasteiger partial charge in [-0.25, -0.2) is 4.98 Å². The summed E-state index contributed by atoms with van der Waals surface area (Å²) in [5.41, 5.74) is -0.152. The number of hydrogen-bond acceptors (Lipinski definition) is 5. The van der Waals surface area contributed by atoms with Gasteiger partial charge in [-0.1, -0.05) is 6.92 Å². The van der Waals surface area contributed by atoms with Gasteiger partial charge in [-0.05, 0) is 11.4 Å². The number of thiophene rings is 1. The molecule has 1 amide bonds. The Morgan fingerprint density at radius 1 is 1.60 bits per heavy atom. The van der Waals surface area contributed by atoms with E-state index in [0.29, 0.717) is 30.0 Å². The quantitative estimate of drug-likeness (QED) is 0.896. The number of fused-ring (bicyclic) bond motifs is 1. The second-order valence-electron chi connectivity index (χ2n) is 5.40. The largest absolute Gasteiger partial charge is 0.380 e. The van der Waals surface area contributed by atoms with Crippen molar-refractivity contribution >= 4 is 27.5 Å². The second-order valence-corrected chi connectivity index (χ2v) is 6.29. The molecule has 6 nitrogen and oxygen atoms in total. The minimum Gasteiger partial charge on any atom is -0.380 e. The summed E-state index contributed by atoms with van der Waals surface area (Å²) in [5, 5.41) is 5.22. The average Bonchev–Trinajstić information content (AvgIpc) is 2.86. The maximum Gasteiger partial charge on any atom is 0.262 e. The molecule has 3 heterocycles. The van der Waals surface area contributed by atoms with Crippen LogP contribution >= 0.6 is 11.3 Å². The fourth-order valence-corrected chi connectivity index (χ4v) is 2.80. The first-order valence-electron chi connectivity index (χ1n) is 6.35. The van der Waals surface area contributed by atoms with Crippen LogP contribution in [0.5, 0.6) is 0 Å². The number of ether oxygens (including phenoxy) is 1. The van der Waals surface area contributed by atoms with Crippen molar-refractivity contribution < 1.29 is 9.53 Å². The lowest BCUT2D eigenvalue weighted by Crippen LogP contribution is -2.49. The Labute approximate surface area is 119 Å². The molecular weight excluding hydrogens is 278 g/mol. The molecule has 0 atom stereocenters. The zero-order valence-corrected chi connectivity index (χ0v) is 11.9. The van der Waals surface area contributed by atoms with E-state index in [1.165, 1.54) is 22.2 Å². The van der Waals surface area contributed by atoms with Gasteiger partial charge in [0.25, 0.3) is 5.56 Å². The fraction of sp³-hybridized carbons (Fsp3) is 0.462. The molecule has 106 valence electrons. The lowest BCUT2D eigenvalue weighted by Gasteiger charge is -2.38. The normalized spacial score (nSPS) is 16.9. The number of carbonyl (C=O) groups is 1. The Kier molecular flexibility index (Phi) is 3.31. The maximum atomic E-state index is 12.1. The summed E-state index contributed by atoms with van der Waals surface area (Å²) in [7, 11) is 0. The zero-order chi connectivity index (χ0) is 14.2. The van der Waals surface area contributed by atoms with E-state index < -0.39 is 0 Å². The van der Waals surface area contributed by atoms with Gasteiger partial charge in [-0.3, -0.25) is 14.2 Å². The molecule has 1 N–H and O–H groups in total. The molecule has 1 aliphatic heterocycles. The van der Waals surface area contributed by atoms with Crippen molar-refractivity contribution in [2.24, 2.45) is 5.41 Å². The Balaban J connectivity index is 1.68. The van der Waals surface area contributed by atoms with Crippen molar-refractivity contribution in [2.45, 2.75) is 13.5 Å². The molecule has 0 radical (unpaired) electrons. The van der Waals surface area contributed by atoms with Gasteiger partial charge in [-0.2, -0.15) is 0 Å². The summed E-state index contributed by atoms with van der Waals surface area (Å²) in [4.78, 5) is 28.9. The molecule has 1 saturated heterocycles. The number of aromatic nitrogens is 2. The Bertz CT molecular complexity index is 702. The van der Waals surface area contributed by atoms with Gasteiger partial charge in [0.05, 0.1) is 24.9 Å². The molecule has 20 heavy (non-hydrogen) atoms. The Hall–Kier alpha value is -1.73. The van der Waals surface area contributed by atoms with Gasteiger partial charge in [0, 0.05) is 12.0 Å². The highest BCUT2D eigenvalue weighted by molar-refractivity contribution is 7.16. The summed E-state index contributed by atoms with van der Waals surface area (Å²) < 4.78 is 6.47. The lowest BCUT2D eigenvalue weighted by atomic mass is 9.89. The highest BCUT2D eigenvalue weighted by atomic mass is 32.1. The van der Waals surface area contributed by atoms with Gasteiger partial charge in [0.15, 0.2) is 0 Å². The van der Waals surface area contributed by atoms with Crippen molar-refractivity contribution in [1.82, 2.24) is 14.9 Å². The van der Waals surface area contributed by atoms with Crippen LogP contribution in [0.15, 0.2) is 22.6 Å². The summed E-state index contributed by atoms with van der Waals surface area (Å²) in [6.07, 6.45) is 1.43. The summed E-state index contributed by atoms with van der Waals surface area (Å²) in [6.45, 7) is 3.94. The topological polar surface area (TPSA) is 73.2 Å². The van der Waals surface area contributed by atoms with E-state index in [1.807, 2.05) is 5.38 Å². The number of nitrogens with zero attached hydrogens (tertiary/aromatic N) is 2. The predicted octanol–water partition coefficient (Wildman–Crippen LogP) is 0.611. The third-order valence-electron chi connectivity index (χ3n) is 3.38. The summed E-state index contributed by atoms with van der Waals surface area (Å²) in [6, 6.07) is 1.73. The molecule has 0 bridgehead atoms. The first-order chi connectivity index (χ1) is 9.57. The van der Waals surface area contributed by atoms with E-state index in [9.17, 15) is 9.59 Å². The van der Waals surface area contributed by atoms with Crippen molar-refractivity contribution in [3.8, 4) is 0 Å². The maximum absolute atomic E-state index is 12.1. The van der Waals surface area contributed by atoms with Crippen LogP contribution in [0, 0.1) is 5.41 Å². The van der Waals surface area contributed by atoms with Gasteiger partial charge < -0.3 is 10.1 Å². The average molecular weight is 293 g/mol. The van der Waals surface area contributed by atoms with E-state index in [0.717, 1.165) is 0 Å². The zero-order valence-electron chi connectivity index (χ0n) is 11.1. The minimum absolute atomic E-state index is 0.00540. The van der Waals surface area contributed by atoms with Crippen molar-refractivity contribution in [3.05, 3.63) is 28.1 Å². The molecule has 3 rings (SSSR count). The van der Waals surface area contributed by atoms with Gasteiger partial charge >= 0.3 is 0 Å². The number of amides is 1. The SMILES string of the molecule is CC1(CNC(=O)Cn2cnc3sccc3c2=O)COC1. The Morgan fingerprint density at radius 2 is 2.40 bits per heavy atom. The monoisotopic (exact) mass is 293 g/mol. The number of carbonyl (C=O) groups excluding carboxylic acids is 1. The summed E-state index contributed by atoms with van der Waals surface area (Å²) >= 11 is 1.41. The molecular formula is C13H15N3O3S. The third-order valence-corrected chi connectivity index (χ3v) is 4.20. The van der Waals surface area contributed by atoms with E-state index in [2.05, 4.69) is 17.2 Å². The van der Waals surface area contributed by atoms with Gasteiger partial charge in [-0.15, -0.1) is 11.3 Å². The van der Waals surface area contributed by atoms with Crippen LogP contribution in [0.1, 0.15) is 6.92 Å². The van der Waals surface area contributed by atoms with Gasteiger partial charge in [0.1, 0.15) is 11.4 Å². The molecule has 0 unspecified atom stereocenters. The highest BCUT2D eigenvalue weighted by Gasteiger charge is 2.33. The van der Waals surface area contributed by atoms with Crippen molar-refractivity contribution in [1.29, 1.82) is 0 Å². The van der Waals surface area contributed by atoms with Gasteiger partial charge in [0.2, 0.25) is 5.91 Å². The standard InChI is InChI=1S/C13H15N3O3S/c1-13(6-19-7-13)5-14-10(17)4-16-8-15-11-9(12(16)18)2-3-20-11/h2-3,8H,4-7H2,1H3,(H,14,17). The number of rotatable bonds is 4. The first kappa shape index (κ1) is 13.3. The molecule has 0 saturated carbocycles. The fourth-order valence-electron chi connectivity index (χ4n) is 2.08. The van der Waals surface area contributed by atoms with Crippen molar-refractivity contribution in [2.75, 3.05) is 19.8 Å². The number of hydrogen-bond donors (Lipinski definition) is 1. The second kappa shape index (κ2) is 4.99. The predicted molar refractivity (Wildman–Crippen MR) is 75.8 cm³/mol. The lowest BCUT2D eigenvalue weighted by molar-refractivity contribution is -0.127. The number of nitrogens with one attached hydrogen (secondary N) is 1. The van der Waals surface area contributed by atoms with E-state index >= 15 is 0 Å². The first-order valence-corrected chi connectivity index (χ1v) is 7.22. The van der Waals surface area contributed by atoms with Crippen LogP contribution in [-0.4, -0.2) is 35.2 Å². The van der Waals surface area contributed by atoms with Crippen LogP contribution in [0.4, 0.5) is 0 Å². The van der Waals surface area contributed by atoms with Crippen molar-refractivity contribution in [3.63, 3.8) is 0 Å². The molecule has 2 aromatic rings. The van der Waals surface area contributed by atoms with E-state index in [1.54, 1.807) is 6.07 Å². The Morgan fingerprint density at radius 3 is 3.10 bits per heavy atom. The summed E-state index contributed by atoms with van der Waals surface area (Å²) in [5.74, 6) is -0.184. The van der Waals surface area contributed by atoms with E-state index in [4.69, 9.17) is 4.74 Å². The van der Waals surface area contributed by atoms with Crippen LogP contribution < -0.4 is 10.9 Å². The third kappa shape index (κ3) is 2.46. The van der Waals surface area contributed by atoms with Crippen LogP contribution in [0.25, 0.3) is 10.2 Å². The van der Waals surface area contributed by atoms with Crippen LogP contribution in [0.2, 0.25) is 0 Å². The molecule has 0 aliphatic carbocycles. The molecule has 1 fully saturated rings. The molecule has 2 aromatic heterocycles. The molecule has 7 heteroatoms. The molecule has 1 aliphatic rings. The molecule has 0 aromatic carbocycles. The highest BCUT2D eigenvalue weighted by Crippen LogP contribution is 2.24. The van der Waals surface area contributed by atoms with Crippen LogP contribution in [-0.2, 0) is 16.1 Å². The van der Waals surface area contributed by atoms with E-state index in [-0.39, 0.29) is 23.4 Å². The smallest absolute Gasteiger partial charge is 0.262 e. The molecule has 0 spiro atoms. The minimum atomic E-state index is -0.184.